The molecule has 0 aromatic heterocycles. The number of carbonyl (C=O) groups is 1. The van der Waals surface area contributed by atoms with Crippen molar-refractivity contribution in [1.29, 1.82) is 0 Å². The topological polar surface area (TPSA) is 44.8 Å². The number of piperazine rings is 1. The SMILES string of the molecule is Cc1cccc(N2CCN(CCC(C)NC(=O)COc3ccc(F)c(Cl)c3)CC2)c1. The smallest absolute Gasteiger partial charge is 0.258 e. The van der Waals surface area contributed by atoms with Crippen molar-refractivity contribution in [2.24, 2.45) is 0 Å². The van der Waals surface area contributed by atoms with E-state index >= 15 is 0 Å². The fourth-order valence-electron chi connectivity index (χ4n) is 3.53. The van der Waals surface area contributed by atoms with Gasteiger partial charge in [-0.3, -0.25) is 9.69 Å². The van der Waals surface area contributed by atoms with Crippen molar-refractivity contribution in [1.82, 2.24) is 10.2 Å². The molecule has 0 aliphatic carbocycles. The van der Waals surface area contributed by atoms with Crippen LogP contribution in [0.4, 0.5) is 10.1 Å². The Morgan fingerprint density at radius 3 is 2.67 bits per heavy atom. The van der Waals surface area contributed by atoms with Crippen molar-refractivity contribution in [3.05, 3.63) is 58.9 Å². The molecule has 30 heavy (non-hydrogen) atoms. The molecule has 1 amide bonds. The summed E-state index contributed by atoms with van der Waals surface area (Å²) in [6.07, 6.45) is 0.874. The summed E-state index contributed by atoms with van der Waals surface area (Å²) in [5, 5.41) is 2.92. The number of nitrogens with zero attached hydrogens (tertiary/aromatic N) is 2. The predicted octanol–water partition coefficient (Wildman–Crippen LogP) is 3.88. The molecule has 162 valence electrons. The molecule has 1 N–H and O–H groups in total. The van der Waals surface area contributed by atoms with Crippen LogP contribution in [0.1, 0.15) is 18.9 Å². The van der Waals surface area contributed by atoms with Gasteiger partial charge in [0, 0.05) is 50.5 Å². The maximum Gasteiger partial charge on any atom is 0.258 e. The zero-order valence-electron chi connectivity index (χ0n) is 17.5. The number of hydrogen-bond donors (Lipinski definition) is 1. The van der Waals surface area contributed by atoms with Gasteiger partial charge < -0.3 is 15.0 Å². The number of rotatable bonds is 8. The highest BCUT2D eigenvalue weighted by Gasteiger charge is 2.18. The third-order valence-electron chi connectivity index (χ3n) is 5.29. The van der Waals surface area contributed by atoms with E-state index in [1.807, 2.05) is 6.92 Å². The first-order chi connectivity index (χ1) is 14.4. The summed E-state index contributed by atoms with van der Waals surface area (Å²) in [5.74, 6) is -0.343. The molecule has 1 aliphatic heterocycles. The average Bonchev–Trinajstić information content (AvgIpc) is 2.73. The Morgan fingerprint density at radius 1 is 1.20 bits per heavy atom. The Morgan fingerprint density at radius 2 is 1.97 bits per heavy atom. The van der Waals surface area contributed by atoms with E-state index in [-0.39, 0.29) is 23.6 Å². The van der Waals surface area contributed by atoms with Crippen LogP contribution in [-0.2, 0) is 4.79 Å². The second-order valence-electron chi connectivity index (χ2n) is 7.79. The minimum absolute atomic E-state index is 0.0243. The monoisotopic (exact) mass is 433 g/mol. The molecular formula is C23H29ClFN3O2. The highest BCUT2D eigenvalue weighted by molar-refractivity contribution is 6.30. The van der Waals surface area contributed by atoms with E-state index in [1.165, 1.54) is 29.4 Å². The molecule has 0 bridgehead atoms. The Hall–Kier alpha value is -2.31. The van der Waals surface area contributed by atoms with Gasteiger partial charge in [0.2, 0.25) is 0 Å². The molecule has 1 aliphatic rings. The molecule has 2 aromatic rings. The first kappa shape index (κ1) is 22.4. The number of carbonyl (C=O) groups excluding carboxylic acids is 1. The van der Waals surface area contributed by atoms with Gasteiger partial charge in [-0.2, -0.15) is 0 Å². The number of amides is 1. The summed E-state index contributed by atoms with van der Waals surface area (Å²) >= 11 is 5.72. The van der Waals surface area contributed by atoms with Crippen LogP contribution in [-0.4, -0.2) is 56.2 Å². The lowest BCUT2D eigenvalue weighted by molar-refractivity contribution is -0.123. The number of hydrogen-bond acceptors (Lipinski definition) is 4. The predicted molar refractivity (Wildman–Crippen MR) is 119 cm³/mol. The summed E-state index contributed by atoms with van der Waals surface area (Å²) in [4.78, 5) is 17.0. The first-order valence-corrected chi connectivity index (χ1v) is 10.7. The zero-order valence-corrected chi connectivity index (χ0v) is 18.3. The normalized spacial score (nSPS) is 15.7. The maximum atomic E-state index is 13.2. The van der Waals surface area contributed by atoms with Gasteiger partial charge in [0.25, 0.3) is 5.91 Å². The Labute approximate surface area is 182 Å². The van der Waals surface area contributed by atoms with E-state index in [1.54, 1.807) is 0 Å². The molecule has 5 nitrogen and oxygen atoms in total. The van der Waals surface area contributed by atoms with Crippen LogP contribution < -0.4 is 15.0 Å². The summed E-state index contributed by atoms with van der Waals surface area (Å²) in [6.45, 7) is 8.99. The second kappa shape index (κ2) is 10.6. The molecule has 1 heterocycles. The van der Waals surface area contributed by atoms with Gasteiger partial charge in [0.1, 0.15) is 11.6 Å². The van der Waals surface area contributed by atoms with Crippen molar-refractivity contribution in [2.75, 3.05) is 44.2 Å². The number of nitrogens with one attached hydrogen (secondary N) is 1. The van der Waals surface area contributed by atoms with Crippen LogP contribution in [0.3, 0.4) is 0 Å². The van der Waals surface area contributed by atoms with Gasteiger partial charge in [-0.25, -0.2) is 4.39 Å². The fraction of sp³-hybridized carbons (Fsp3) is 0.435. The Balaban J connectivity index is 1.34. The van der Waals surface area contributed by atoms with Crippen molar-refractivity contribution >= 4 is 23.2 Å². The Bertz CT molecular complexity index is 856. The third kappa shape index (κ3) is 6.61. The lowest BCUT2D eigenvalue weighted by Gasteiger charge is -2.36. The molecule has 0 radical (unpaired) electrons. The Kier molecular flexibility index (Phi) is 7.94. The van der Waals surface area contributed by atoms with Crippen molar-refractivity contribution in [3.63, 3.8) is 0 Å². The van der Waals surface area contributed by atoms with E-state index in [2.05, 4.69) is 46.3 Å². The lowest BCUT2D eigenvalue weighted by Crippen LogP contribution is -2.47. The number of anilines is 1. The number of aryl methyl sites for hydroxylation is 1. The highest BCUT2D eigenvalue weighted by Crippen LogP contribution is 2.21. The molecule has 1 unspecified atom stereocenters. The minimum Gasteiger partial charge on any atom is -0.484 e. The molecule has 7 heteroatoms. The molecule has 0 spiro atoms. The highest BCUT2D eigenvalue weighted by atomic mass is 35.5. The average molecular weight is 434 g/mol. The number of halogens is 2. The largest absolute Gasteiger partial charge is 0.484 e. The van der Waals surface area contributed by atoms with Crippen LogP contribution in [0.2, 0.25) is 5.02 Å². The summed E-state index contributed by atoms with van der Waals surface area (Å²) in [7, 11) is 0. The van der Waals surface area contributed by atoms with Gasteiger partial charge in [-0.1, -0.05) is 23.7 Å². The minimum atomic E-state index is -0.512. The molecule has 1 saturated heterocycles. The van der Waals surface area contributed by atoms with Crippen molar-refractivity contribution < 1.29 is 13.9 Å². The third-order valence-corrected chi connectivity index (χ3v) is 5.58. The van der Waals surface area contributed by atoms with Gasteiger partial charge in [-0.05, 0) is 50.1 Å². The standard InChI is InChI=1S/C23H29ClFN3O2/c1-17-4-3-5-19(14-17)28-12-10-27(11-13-28)9-8-18(2)26-23(29)16-30-20-6-7-22(25)21(24)15-20/h3-7,14-15,18H,8-13,16H2,1-2H3,(H,26,29). The zero-order chi connectivity index (χ0) is 21.5. The first-order valence-electron chi connectivity index (χ1n) is 10.3. The van der Waals surface area contributed by atoms with Crippen LogP contribution in [0.5, 0.6) is 5.75 Å². The lowest BCUT2D eigenvalue weighted by atomic mass is 10.1. The second-order valence-corrected chi connectivity index (χ2v) is 8.20. The van der Waals surface area contributed by atoms with E-state index in [0.29, 0.717) is 5.75 Å². The summed E-state index contributed by atoms with van der Waals surface area (Å²) in [6, 6.07) is 12.7. The van der Waals surface area contributed by atoms with Gasteiger partial charge in [0.05, 0.1) is 5.02 Å². The molecular weight excluding hydrogens is 405 g/mol. The summed E-state index contributed by atoms with van der Waals surface area (Å²) in [5.41, 5.74) is 2.57. The van der Waals surface area contributed by atoms with E-state index in [0.717, 1.165) is 39.1 Å². The van der Waals surface area contributed by atoms with E-state index in [9.17, 15) is 9.18 Å². The van der Waals surface area contributed by atoms with Gasteiger partial charge in [0.15, 0.2) is 6.61 Å². The van der Waals surface area contributed by atoms with Crippen molar-refractivity contribution in [3.8, 4) is 5.75 Å². The van der Waals surface area contributed by atoms with E-state index in [4.69, 9.17) is 16.3 Å². The number of ether oxygens (including phenoxy) is 1. The van der Waals surface area contributed by atoms with E-state index < -0.39 is 5.82 Å². The molecule has 3 rings (SSSR count). The van der Waals surface area contributed by atoms with Gasteiger partial charge >= 0.3 is 0 Å². The quantitative estimate of drug-likeness (QED) is 0.686. The van der Waals surface area contributed by atoms with Crippen LogP contribution in [0.25, 0.3) is 0 Å². The molecule has 0 saturated carbocycles. The summed E-state index contributed by atoms with van der Waals surface area (Å²) < 4.78 is 18.5. The van der Waals surface area contributed by atoms with Gasteiger partial charge in [-0.15, -0.1) is 0 Å². The molecule has 1 atom stereocenters. The fourth-order valence-corrected chi connectivity index (χ4v) is 3.71. The van der Waals surface area contributed by atoms with Crippen molar-refractivity contribution in [2.45, 2.75) is 26.3 Å². The molecule has 1 fully saturated rings. The van der Waals surface area contributed by atoms with Crippen LogP contribution >= 0.6 is 11.6 Å². The van der Waals surface area contributed by atoms with Crippen LogP contribution in [0, 0.1) is 12.7 Å². The van der Waals surface area contributed by atoms with Crippen LogP contribution in [0.15, 0.2) is 42.5 Å². The molecule has 2 aromatic carbocycles. The number of benzene rings is 2. The maximum absolute atomic E-state index is 13.2.